The summed E-state index contributed by atoms with van der Waals surface area (Å²) in [5.41, 5.74) is 5.52. The molecule has 1 aliphatic heterocycles. The second-order valence-corrected chi connectivity index (χ2v) is 5.34. The summed E-state index contributed by atoms with van der Waals surface area (Å²) in [5, 5.41) is 9.03. The number of H-pyrrole nitrogens is 1. The number of likely N-dealkylation sites (tertiary alicyclic amines) is 1. The van der Waals surface area contributed by atoms with Gasteiger partial charge in [-0.15, -0.1) is 5.10 Å². The number of nitrogens with one attached hydrogen (secondary N) is 2. The summed E-state index contributed by atoms with van der Waals surface area (Å²) in [6.07, 6.45) is 2.17. The average Bonchev–Trinajstić information content (AvgIpc) is 2.77. The van der Waals surface area contributed by atoms with E-state index in [0.717, 1.165) is 25.9 Å². The Balaban J connectivity index is 1.86. The normalized spacial score (nSPS) is 19.7. The Morgan fingerprint density at radius 3 is 2.78 bits per heavy atom. The minimum absolute atomic E-state index is 0.0886. The molecule has 1 aromatic heterocycles. The van der Waals surface area contributed by atoms with E-state index in [-0.39, 0.29) is 23.1 Å². The van der Waals surface area contributed by atoms with Gasteiger partial charge in [0, 0.05) is 6.54 Å². The predicted octanol–water partition coefficient (Wildman–Crippen LogP) is -0.151. The highest BCUT2D eigenvalue weighted by atomic mass is 16.2. The molecule has 1 fully saturated rings. The van der Waals surface area contributed by atoms with Crippen LogP contribution in [0.3, 0.4) is 0 Å². The van der Waals surface area contributed by atoms with Crippen LogP contribution < -0.4 is 11.1 Å². The van der Waals surface area contributed by atoms with Crippen LogP contribution in [0.1, 0.15) is 30.4 Å². The highest BCUT2D eigenvalue weighted by Crippen LogP contribution is 2.29. The molecular weight excluding hydrogens is 232 g/mol. The topological polar surface area (TPSA) is 99.9 Å². The van der Waals surface area contributed by atoms with Crippen LogP contribution in [0.5, 0.6) is 0 Å². The Labute approximate surface area is 106 Å². The van der Waals surface area contributed by atoms with Crippen LogP contribution in [0.15, 0.2) is 0 Å². The van der Waals surface area contributed by atoms with E-state index in [4.69, 9.17) is 5.73 Å². The molecule has 100 valence electrons. The first-order valence-electron chi connectivity index (χ1n) is 6.13. The summed E-state index contributed by atoms with van der Waals surface area (Å²) in [6.45, 7) is 5.00. The quantitative estimate of drug-likeness (QED) is 0.694. The lowest BCUT2D eigenvalue weighted by molar-refractivity contribution is 0.0882. The van der Waals surface area contributed by atoms with Gasteiger partial charge in [-0.25, -0.2) is 0 Å². The molecule has 2 rings (SSSR count). The largest absolute Gasteiger partial charge is 0.366 e. The number of piperidine rings is 1. The smallest absolute Gasteiger partial charge is 0.288 e. The zero-order chi connectivity index (χ0) is 13.2. The molecule has 1 amide bonds. The Hall–Kier alpha value is -1.63. The highest BCUT2D eigenvalue weighted by molar-refractivity contribution is 5.90. The Bertz CT molecular complexity index is 421. The molecule has 4 N–H and O–H groups in total. The van der Waals surface area contributed by atoms with Gasteiger partial charge < -0.3 is 16.0 Å². The number of carbonyl (C=O) groups excluding carboxylic acids is 1. The summed E-state index contributed by atoms with van der Waals surface area (Å²) in [5.74, 6) is 0.00836. The molecule has 1 saturated heterocycles. The zero-order valence-electron chi connectivity index (χ0n) is 10.9. The lowest BCUT2D eigenvalue weighted by atomic mass is 9.80. The van der Waals surface area contributed by atoms with E-state index in [1.165, 1.54) is 0 Å². The number of aromatic amines is 1. The van der Waals surface area contributed by atoms with Crippen molar-refractivity contribution in [2.75, 3.05) is 32.4 Å². The first-order chi connectivity index (χ1) is 8.48. The molecule has 0 unspecified atom stereocenters. The van der Waals surface area contributed by atoms with Gasteiger partial charge in [0.25, 0.3) is 5.91 Å². The molecular formula is C11H20N6O. The molecule has 0 spiro atoms. The van der Waals surface area contributed by atoms with Crippen LogP contribution in [0.2, 0.25) is 0 Å². The molecule has 2 heterocycles. The number of rotatable bonds is 3. The van der Waals surface area contributed by atoms with Gasteiger partial charge >= 0.3 is 0 Å². The molecule has 1 aromatic rings. The van der Waals surface area contributed by atoms with Crippen molar-refractivity contribution in [3.05, 3.63) is 5.82 Å². The van der Waals surface area contributed by atoms with Crippen molar-refractivity contribution in [2.45, 2.75) is 19.8 Å². The van der Waals surface area contributed by atoms with Crippen LogP contribution in [0, 0.1) is 5.41 Å². The van der Waals surface area contributed by atoms with Crippen molar-refractivity contribution in [1.29, 1.82) is 0 Å². The van der Waals surface area contributed by atoms with Gasteiger partial charge in [-0.1, -0.05) is 6.92 Å². The van der Waals surface area contributed by atoms with Crippen molar-refractivity contribution in [2.24, 2.45) is 5.41 Å². The predicted molar refractivity (Wildman–Crippen MR) is 68.0 cm³/mol. The van der Waals surface area contributed by atoms with Crippen molar-refractivity contribution >= 4 is 11.9 Å². The van der Waals surface area contributed by atoms with E-state index in [2.05, 4.69) is 39.4 Å². The van der Waals surface area contributed by atoms with Crippen LogP contribution in [0.25, 0.3) is 0 Å². The SMILES string of the molecule is CN1CCC(C)(CNC(=O)c2nc(N)n[nH]2)CC1. The molecule has 0 radical (unpaired) electrons. The fraction of sp³-hybridized carbons (Fsp3) is 0.727. The van der Waals surface area contributed by atoms with Crippen LogP contribution in [0.4, 0.5) is 5.95 Å². The Morgan fingerprint density at radius 1 is 1.56 bits per heavy atom. The number of hydrogen-bond acceptors (Lipinski definition) is 5. The van der Waals surface area contributed by atoms with E-state index >= 15 is 0 Å². The maximum Gasteiger partial charge on any atom is 0.288 e. The van der Waals surface area contributed by atoms with Gasteiger partial charge in [0.05, 0.1) is 0 Å². The number of carbonyl (C=O) groups is 1. The summed E-state index contributed by atoms with van der Waals surface area (Å²) < 4.78 is 0. The maximum absolute atomic E-state index is 11.8. The van der Waals surface area contributed by atoms with E-state index in [9.17, 15) is 4.79 Å². The molecule has 0 aliphatic carbocycles. The number of anilines is 1. The fourth-order valence-corrected chi connectivity index (χ4v) is 2.09. The van der Waals surface area contributed by atoms with Crippen molar-refractivity contribution in [3.8, 4) is 0 Å². The van der Waals surface area contributed by atoms with Gasteiger partial charge in [-0.3, -0.25) is 9.89 Å². The molecule has 1 aliphatic rings. The standard InChI is InChI=1S/C11H20N6O/c1-11(3-5-17(2)6-4-11)7-13-9(18)8-14-10(12)16-15-8/h3-7H2,1-2H3,(H,13,18)(H3,12,14,15,16). The molecule has 7 nitrogen and oxygen atoms in total. The lowest BCUT2D eigenvalue weighted by Gasteiger charge is -2.37. The van der Waals surface area contributed by atoms with Gasteiger partial charge in [-0.05, 0) is 38.4 Å². The molecule has 0 aromatic carbocycles. The van der Waals surface area contributed by atoms with Crippen molar-refractivity contribution in [1.82, 2.24) is 25.4 Å². The summed E-state index contributed by atoms with van der Waals surface area (Å²) in [7, 11) is 2.12. The number of nitrogens with two attached hydrogens (primary N) is 1. The van der Waals surface area contributed by atoms with Gasteiger partial charge in [0.15, 0.2) is 0 Å². The number of nitrogens with zero attached hydrogens (tertiary/aromatic N) is 3. The highest BCUT2D eigenvalue weighted by Gasteiger charge is 2.29. The first-order valence-corrected chi connectivity index (χ1v) is 6.13. The van der Waals surface area contributed by atoms with Crippen LogP contribution in [-0.4, -0.2) is 52.7 Å². The van der Waals surface area contributed by atoms with E-state index in [1.807, 2.05) is 0 Å². The third-order valence-corrected chi connectivity index (χ3v) is 3.59. The minimum Gasteiger partial charge on any atom is -0.366 e. The number of aromatic nitrogens is 3. The van der Waals surface area contributed by atoms with Crippen LogP contribution in [-0.2, 0) is 0 Å². The van der Waals surface area contributed by atoms with Gasteiger partial charge in [-0.2, -0.15) is 4.98 Å². The summed E-state index contributed by atoms with van der Waals surface area (Å²) >= 11 is 0. The maximum atomic E-state index is 11.8. The minimum atomic E-state index is -0.251. The van der Waals surface area contributed by atoms with Gasteiger partial charge in [0.1, 0.15) is 0 Å². The fourth-order valence-electron chi connectivity index (χ4n) is 2.09. The lowest BCUT2D eigenvalue weighted by Crippen LogP contribution is -2.43. The second kappa shape index (κ2) is 4.93. The average molecular weight is 252 g/mol. The molecule has 0 saturated carbocycles. The Kier molecular flexibility index (Phi) is 3.51. The molecule has 0 atom stereocenters. The van der Waals surface area contributed by atoms with E-state index < -0.39 is 0 Å². The number of amides is 1. The number of hydrogen-bond donors (Lipinski definition) is 3. The first kappa shape index (κ1) is 12.8. The second-order valence-electron chi connectivity index (χ2n) is 5.34. The summed E-state index contributed by atoms with van der Waals surface area (Å²) in [6, 6.07) is 0. The third kappa shape index (κ3) is 2.98. The van der Waals surface area contributed by atoms with E-state index in [1.54, 1.807) is 0 Å². The molecule has 7 heteroatoms. The monoisotopic (exact) mass is 252 g/mol. The third-order valence-electron chi connectivity index (χ3n) is 3.59. The molecule has 18 heavy (non-hydrogen) atoms. The summed E-state index contributed by atoms with van der Waals surface area (Å²) in [4.78, 5) is 17.9. The zero-order valence-corrected chi connectivity index (χ0v) is 10.9. The molecule has 0 bridgehead atoms. The van der Waals surface area contributed by atoms with Gasteiger partial charge in [0.2, 0.25) is 11.8 Å². The van der Waals surface area contributed by atoms with Crippen molar-refractivity contribution in [3.63, 3.8) is 0 Å². The van der Waals surface area contributed by atoms with Crippen LogP contribution >= 0.6 is 0 Å². The number of nitrogen functional groups attached to an aromatic ring is 1. The van der Waals surface area contributed by atoms with E-state index in [0.29, 0.717) is 6.54 Å². The Morgan fingerprint density at radius 2 is 2.22 bits per heavy atom. The van der Waals surface area contributed by atoms with Crippen molar-refractivity contribution < 1.29 is 4.79 Å².